The van der Waals surface area contributed by atoms with E-state index in [9.17, 15) is 13.6 Å². The minimum absolute atomic E-state index is 0.192. The first-order valence-electron chi connectivity index (χ1n) is 6.01. The summed E-state index contributed by atoms with van der Waals surface area (Å²) >= 11 is 0. The van der Waals surface area contributed by atoms with Crippen LogP contribution in [0.3, 0.4) is 0 Å². The van der Waals surface area contributed by atoms with Crippen LogP contribution in [-0.4, -0.2) is 20.0 Å². The first kappa shape index (κ1) is 14.0. The molecule has 1 amide bonds. The number of carbonyl (C=O) groups is 1. The van der Waals surface area contributed by atoms with Gasteiger partial charge in [-0.15, -0.1) is 0 Å². The van der Waals surface area contributed by atoms with E-state index in [1.165, 1.54) is 0 Å². The summed E-state index contributed by atoms with van der Waals surface area (Å²) in [6, 6.07) is 9.95. The standard InChI is InChI=1S/C15H14F2N2O/c1-19(2)12-6-4-11(5-7-12)18-15(20)13-8-3-10(16)9-14(13)17/h3-9H,1-2H3,(H,18,20). The van der Waals surface area contributed by atoms with Gasteiger partial charge in [0.25, 0.3) is 5.91 Å². The van der Waals surface area contributed by atoms with Crippen LogP contribution in [-0.2, 0) is 0 Å². The van der Waals surface area contributed by atoms with E-state index in [2.05, 4.69) is 5.32 Å². The lowest BCUT2D eigenvalue weighted by atomic mass is 10.2. The van der Waals surface area contributed by atoms with Crippen LogP contribution in [0.15, 0.2) is 42.5 Å². The molecule has 3 nitrogen and oxygen atoms in total. The molecule has 104 valence electrons. The summed E-state index contributed by atoms with van der Waals surface area (Å²) in [4.78, 5) is 13.8. The highest BCUT2D eigenvalue weighted by atomic mass is 19.1. The van der Waals surface area contributed by atoms with Crippen molar-refractivity contribution in [3.8, 4) is 0 Å². The summed E-state index contributed by atoms with van der Waals surface area (Å²) in [7, 11) is 3.81. The number of anilines is 2. The third kappa shape index (κ3) is 3.12. The molecular weight excluding hydrogens is 262 g/mol. The highest BCUT2D eigenvalue weighted by molar-refractivity contribution is 6.04. The third-order valence-electron chi connectivity index (χ3n) is 2.82. The average molecular weight is 276 g/mol. The van der Waals surface area contributed by atoms with Gasteiger partial charge < -0.3 is 10.2 Å². The van der Waals surface area contributed by atoms with E-state index < -0.39 is 17.5 Å². The molecule has 0 saturated carbocycles. The minimum Gasteiger partial charge on any atom is -0.378 e. The number of amides is 1. The summed E-state index contributed by atoms with van der Waals surface area (Å²) in [5, 5.41) is 2.56. The highest BCUT2D eigenvalue weighted by Gasteiger charge is 2.12. The van der Waals surface area contributed by atoms with Gasteiger partial charge >= 0.3 is 0 Å². The molecule has 2 aromatic carbocycles. The average Bonchev–Trinajstić information content (AvgIpc) is 2.39. The Morgan fingerprint density at radius 1 is 1.05 bits per heavy atom. The fraction of sp³-hybridized carbons (Fsp3) is 0.133. The molecular formula is C15H14F2N2O. The lowest BCUT2D eigenvalue weighted by molar-refractivity contribution is 0.102. The van der Waals surface area contributed by atoms with Gasteiger partial charge in [0.15, 0.2) is 0 Å². The molecule has 1 N–H and O–H groups in total. The van der Waals surface area contributed by atoms with Crippen molar-refractivity contribution in [3.05, 3.63) is 59.7 Å². The maximum absolute atomic E-state index is 13.5. The van der Waals surface area contributed by atoms with E-state index in [0.29, 0.717) is 11.8 Å². The van der Waals surface area contributed by atoms with Gasteiger partial charge in [0.2, 0.25) is 0 Å². The first-order valence-corrected chi connectivity index (χ1v) is 6.01. The van der Waals surface area contributed by atoms with Crippen LogP contribution in [0, 0.1) is 11.6 Å². The number of carbonyl (C=O) groups excluding carboxylic acids is 1. The SMILES string of the molecule is CN(C)c1ccc(NC(=O)c2ccc(F)cc2F)cc1. The van der Waals surface area contributed by atoms with Gasteiger partial charge in [-0.2, -0.15) is 0 Å². The number of benzene rings is 2. The largest absolute Gasteiger partial charge is 0.378 e. The summed E-state index contributed by atoms with van der Waals surface area (Å²) < 4.78 is 26.2. The highest BCUT2D eigenvalue weighted by Crippen LogP contribution is 2.17. The van der Waals surface area contributed by atoms with E-state index in [1.807, 2.05) is 31.1 Å². The van der Waals surface area contributed by atoms with Gasteiger partial charge in [-0.25, -0.2) is 8.78 Å². The summed E-state index contributed by atoms with van der Waals surface area (Å²) in [5.74, 6) is -2.21. The molecule has 0 fully saturated rings. The maximum Gasteiger partial charge on any atom is 0.258 e. The first-order chi connectivity index (χ1) is 9.47. The Labute approximate surface area is 115 Å². The molecule has 20 heavy (non-hydrogen) atoms. The Morgan fingerprint density at radius 2 is 1.70 bits per heavy atom. The lowest BCUT2D eigenvalue weighted by Gasteiger charge is -2.13. The molecule has 0 atom stereocenters. The molecule has 2 rings (SSSR count). The van der Waals surface area contributed by atoms with Gasteiger partial charge in [-0.1, -0.05) is 0 Å². The van der Waals surface area contributed by atoms with E-state index >= 15 is 0 Å². The van der Waals surface area contributed by atoms with Gasteiger partial charge in [-0.05, 0) is 36.4 Å². The molecule has 5 heteroatoms. The van der Waals surface area contributed by atoms with E-state index in [1.54, 1.807) is 12.1 Å². The van der Waals surface area contributed by atoms with Gasteiger partial charge in [-0.3, -0.25) is 4.79 Å². The zero-order valence-electron chi connectivity index (χ0n) is 11.2. The monoisotopic (exact) mass is 276 g/mol. The van der Waals surface area contributed by atoms with Crippen LogP contribution < -0.4 is 10.2 Å². The van der Waals surface area contributed by atoms with Crippen molar-refractivity contribution in [2.45, 2.75) is 0 Å². The van der Waals surface area contributed by atoms with Crippen LogP contribution in [0.1, 0.15) is 10.4 Å². The molecule has 0 bridgehead atoms. The Kier molecular flexibility index (Phi) is 3.98. The number of hydrogen-bond donors (Lipinski definition) is 1. The number of rotatable bonds is 3. The minimum atomic E-state index is -0.882. The Hall–Kier alpha value is -2.43. The van der Waals surface area contributed by atoms with Crippen molar-refractivity contribution in [1.82, 2.24) is 0 Å². The summed E-state index contributed by atoms with van der Waals surface area (Å²) in [6.07, 6.45) is 0. The second kappa shape index (κ2) is 5.69. The smallest absolute Gasteiger partial charge is 0.258 e. The zero-order chi connectivity index (χ0) is 14.7. The normalized spacial score (nSPS) is 10.2. The predicted molar refractivity (Wildman–Crippen MR) is 75.1 cm³/mol. The molecule has 0 aromatic heterocycles. The molecule has 0 unspecified atom stereocenters. The summed E-state index contributed by atoms with van der Waals surface area (Å²) in [6.45, 7) is 0. The molecule has 0 heterocycles. The van der Waals surface area contributed by atoms with Crippen molar-refractivity contribution in [2.24, 2.45) is 0 Å². The number of nitrogens with one attached hydrogen (secondary N) is 1. The van der Waals surface area contributed by atoms with Crippen molar-refractivity contribution in [2.75, 3.05) is 24.3 Å². The van der Waals surface area contributed by atoms with E-state index in [0.717, 1.165) is 17.8 Å². The fourth-order valence-electron chi connectivity index (χ4n) is 1.71. The quantitative estimate of drug-likeness (QED) is 0.933. The predicted octanol–water partition coefficient (Wildman–Crippen LogP) is 3.28. The van der Waals surface area contributed by atoms with Gasteiger partial charge in [0.05, 0.1) is 5.56 Å². The second-order valence-corrected chi connectivity index (χ2v) is 4.52. The van der Waals surface area contributed by atoms with Gasteiger partial charge in [0.1, 0.15) is 11.6 Å². The van der Waals surface area contributed by atoms with Crippen molar-refractivity contribution < 1.29 is 13.6 Å². The molecule has 2 aromatic rings. The van der Waals surface area contributed by atoms with Crippen LogP contribution in [0.5, 0.6) is 0 Å². The molecule has 0 spiro atoms. The fourth-order valence-corrected chi connectivity index (χ4v) is 1.71. The molecule has 0 saturated heterocycles. The number of halogens is 2. The molecule has 0 radical (unpaired) electrons. The van der Waals surface area contributed by atoms with Crippen molar-refractivity contribution in [1.29, 1.82) is 0 Å². The van der Waals surface area contributed by atoms with E-state index in [4.69, 9.17) is 0 Å². The van der Waals surface area contributed by atoms with Crippen LogP contribution >= 0.6 is 0 Å². The Bertz CT molecular complexity index is 624. The molecule has 0 aliphatic rings. The topological polar surface area (TPSA) is 32.3 Å². The van der Waals surface area contributed by atoms with Crippen LogP contribution in [0.2, 0.25) is 0 Å². The maximum atomic E-state index is 13.5. The number of hydrogen-bond acceptors (Lipinski definition) is 2. The third-order valence-corrected chi connectivity index (χ3v) is 2.82. The lowest BCUT2D eigenvalue weighted by Crippen LogP contribution is -2.14. The molecule has 0 aliphatic heterocycles. The van der Waals surface area contributed by atoms with Crippen molar-refractivity contribution >= 4 is 17.3 Å². The summed E-state index contributed by atoms with van der Waals surface area (Å²) in [5.41, 5.74) is 1.34. The second-order valence-electron chi connectivity index (χ2n) is 4.52. The number of nitrogens with zero attached hydrogens (tertiary/aromatic N) is 1. The van der Waals surface area contributed by atoms with Crippen LogP contribution in [0.25, 0.3) is 0 Å². The van der Waals surface area contributed by atoms with Crippen LogP contribution in [0.4, 0.5) is 20.2 Å². The Morgan fingerprint density at radius 3 is 2.25 bits per heavy atom. The zero-order valence-corrected chi connectivity index (χ0v) is 11.2. The Balaban J connectivity index is 2.15. The van der Waals surface area contributed by atoms with E-state index in [-0.39, 0.29) is 5.56 Å². The molecule has 0 aliphatic carbocycles. The van der Waals surface area contributed by atoms with Gasteiger partial charge in [0, 0.05) is 31.5 Å². The van der Waals surface area contributed by atoms with Crippen molar-refractivity contribution in [3.63, 3.8) is 0 Å².